The van der Waals surface area contributed by atoms with Crippen LogP contribution in [0.3, 0.4) is 0 Å². The molecular weight excluding hydrogens is 290 g/mol. The van der Waals surface area contributed by atoms with Gasteiger partial charge in [0.25, 0.3) is 0 Å². The number of aliphatic hydroxyl groups is 2. The molecule has 2 N–H and O–H groups in total. The van der Waals surface area contributed by atoms with Gasteiger partial charge in [0.1, 0.15) is 0 Å². The van der Waals surface area contributed by atoms with E-state index in [1.165, 1.54) is 0 Å². The number of ether oxygens (including phenoxy) is 1. The Labute approximate surface area is 136 Å². The summed E-state index contributed by atoms with van der Waals surface area (Å²) in [5, 5.41) is 26.7. The number of aliphatic hydroxyl groups excluding tert-OH is 2. The Bertz CT molecular complexity index is 629. The SMILES string of the molecule is N#Cc1ccc(-c2ccc(COCCCC(O)CO)cc2)cc1. The van der Waals surface area contributed by atoms with Gasteiger partial charge in [0.15, 0.2) is 0 Å². The fourth-order valence-corrected chi connectivity index (χ4v) is 2.23. The highest BCUT2D eigenvalue weighted by Crippen LogP contribution is 2.20. The molecule has 0 fully saturated rings. The monoisotopic (exact) mass is 311 g/mol. The zero-order chi connectivity index (χ0) is 16.5. The van der Waals surface area contributed by atoms with Crippen LogP contribution in [0.1, 0.15) is 24.0 Å². The number of hydrogen-bond acceptors (Lipinski definition) is 4. The third kappa shape index (κ3) is 5.50. The van der Waals surface area contributed by atoms with Crippen molar-refractivity contribution in [2.24, 2.45) is 0 Å². The van der Waals surface area contributed by atoms with Gasteiger partial charge in [-0.05, 0) is 41.7 Å². The average molecular weight is 311 g/mol. The van der Waals surface area contributed by atoms with E-state index in [4.69, 9.17) is 15.1 Å². The topological polar surface area (TPSA) is 73.5 Å². The Morgan fingerprint density at radius 1 is 1.00 bits per heavy atom. The molecule has 2 aromatic carbocycles. The molecule has 4 heteroatoms. The second-order valence-corrected chi connectivity index (χ2v) is 5.42. The zero-order valence-electron chi connectivity index (χ0n) is 13.0. The summed E-state index contributed by atoms with van der Waals surface area (Å²) in [6, 6.07) is 17.7. The third-order valence-corrected chi connectivity index (χ3v) is 3.61. The van der Waals surface area contributed by atoms with Crippen LogP contribution in [0.5, 0.6) is 0 Å². The quantitative estimate of drug-likeness (QED) is 0.735. The van der Waals surface area contributed by atoms with Gasteiger partial charge in [-0.3, -0.25) is 0 Å². The fraction of sp³-hybridized carbons (Fsp3) is 0.316. The van der Waals surface area contributed by atoms with Crippen molar-refractivity contribution in [1.29, 1.82) is 5.26 Å². The van der Waals surface area contributed by atoms with Crippen LogP contribution in [0.15, 0.2) is 48.5 Å². The molecule has 1 unspecified atom stereocenters. The first-order chi connectivity index (χ1) is 11.2. The molecule has 1 atom stereocenters. The Kier molecular flexibility index (Phi) is 6.76. The molecule has 120 valence electrons. The average Bonchev–Trinajstić information content (AvgIpc) is 2.62. The molecule has 0 saturated carbocycles. The molecule has 0 amide bonds. The first-order valence-electron chi connectivity index (χ1n) is 7.69. The molecule has 0 spiro atoms. The van der Waals surface area contributed by atoms with Crippen molar-refractivity contribution in [2.75, 3.05) is 13.2 Å². The molecule has 0 heterocycles. The van der Waals surface area contributed by atoms with E-state index in [9.17, 15) is 5.11 Å². The summed E-state index contributed by atoms with van der Waals surface area (Å²) in [5.74, 6) is 0. The van der Waals surface area contributed by atoms with E-state index in [-0.39, 0.29) is 6.61 Å². The van der Waals surface area contributed by atoms with Crippen molar-refractivity contribution in [1.82, 2.24) is 0 Å². The van der Waals surface area contributed by atoms with Crippen LogP contribution in [0.25, 0.3) is 11.1 Å². The number of nitriles is 1. The molecule has 0 aliphatic rings. The van der Waals surface area contributed by atoms with Crippen molar-refractivity contribution in [3.8, 4) is 17.2 Å². The van der Waals surface area contributed by atoms with Crippen LogP contribution >= 0.6 is 0 Å². The normalized spacial score (nSPS) is 11.9. The molecular formula is C19H21NO3. The summed E-state index contributed by atoms with van der Waals surface area (Å²) in [6.45, 7) is 0.897. The summed E-state index contributed by atoms with van der Waals surface area (Å²) >= 11 is 0. The lowest BCUT2D eigenvalue weighted by atomic mass is 10.0. The Morgan fingerprint density at radius 3 is 2.17 bits per heavy atom. The summed E-state index contributed by atoms with van der Waals surface area (Å²) in [4.78, 5) is 0. The van der Waals surface area contributed by atoms with E-state index in [2.05, 4.69) is 6.07 Å². The highest BCUT2D eigenvalue weighted by atomic mass is 16.5. The molecule has 2 aromatic rings. The third-order valence-electron chi connectivity index (χ3n) is 3.61. The van der Waals surface area contributed by atoms with E-state index < -0.39 is 6.10 Å². The second-order valence-electron chi connectivity index (χ2n) is 5.42. The molecule has 0 aliphatic heterocycles. The lowest BCUT2D eigenvalue weighted by Gasteiger charge is -2.08. The second kappa shape index (κ2) is 9.06. The largest absolute Gasteiger partial charge is 0.394 e. The van der Waals surface area contributed by atoms with Gasteiger partial charge in [-0.25, -0.2) is 0 Å². The van der Waals surface area contributed by atoms with Crippen LogP contribution in [-0.2, 0) is 11.3 Å². The minimum atomic E-state index is -0.648. The van der Waals surface area contributed by atoms with Gasteiger partial charge >= 0.3 is 0 Å². The van der Waals surface area contributed by atoms with E-state index in [0.29, 0.717) is 25.2 Å². The van der Waals surface area contributed by atoms with Crippen molar-refractivity contribution in [3.05, 3.63) is 59.7 Å². The predicted octanol–water partition coefficient (Wildman–Crippen LogP) is 2.88. The van der Waals surface area contributed by atoms with Crippen LogP contribution in [0.4, 0.5) is 0 Å². The van der Waals surface area contributed by atoms with Gasteiger partial charge in [0.05, 0.1) is 31.0 Å². The van der Waals surface area contributed by atoms with Crippen molar-refractivity contribution < 1.29 is 14.9 Å². The molecule has 23 heavy (non-hydrogen) atoms. The van der Waals surface area contributed by atoms with Gasteiger partial charge in [-0.1, -0.05) is 36.4 Å². The molecule has 0 aromatic heterocycles. The minimum absolute atomic E-state index is 0.198. The number of hydrogen-bond donors (Lipinski definition) is 2. The van der Waals surface area contributed by atoms with Gasteiger partial charge in [0.2, 0.25) is 0 Å². The van der Waals surface area contributed by atoms with Gasteiger partial charge in [-0.15, -0.1) is 0 Å². The first-order valence-corrected chi connectivity index (χ1v) is 7.69. The fourth-order valence-electron chi connectivity index (χ4n) is 2.23. The molecule has 2 rings (SSSR count). The van der Waals surface area contributed by atoms with Crippen molar-refractivity contribution in [2.45, 2.75) is 25.6 Å². The highest BCUT2D eigenvalue weighted by molar-refractivity contribution is 5.64. The predicted molar refractivity (Wildman–Crippen MR) is 88.6 cm³/mol. The lowest BCUT2D eigenvalue weighted by molar-refractivity contribution is 0.0668. The van der Waals surface area contributed by atoms with E-state index in [1.807, 2.05) is 48.5 Å². The standard InChI is InChI=1S/C19H21NO3/c20-12-15-3-7-17(8-4-15)18-9-5-16(6-10-18)14-23-11-1-2-19(22)13-21/h3-10,19,21-22H,1-2,11,13-14H2. The molecule has 0 aliphatic carbocycles. The molecule has 0 saturated heterocycles. The summed E-state index contributed by atoms with van der Waals surface area (Å²) in [5.41, 5.74) is 3.92. The maximum atomic E-state index is 9.22. The summed E-state index contributed by atoms with van der Waals surface area (Å²) < 4.78 is 5.56. The van der Waals surface area contributed by atoms with Crippen LogP contribution < -0.4 is 0 Å². The highest BCUT2D eigenvalue weighted by Gasteiger charge is 2.02. The van der Waals surface area contributed by atoms with Crippen LogP contribution in [-0.4, -0.2) is 29.5 Å². The minimum Gasteiger partial charge on any atom is -0.394 e. The van der Waals surface area contributed by atoms with Crippen LogP contribution in [0.2, 0.25) is 0 Å². The van der Waals surface area contributed by atoms with Gasteiger partial charge in [0, 0.05) is 6.61 Å². The van der Waals surface area contributed by atoms with Crippen molar-refractivity contribution in [3.63, 3.8) is 0 Å². The zero-order valence-corrected chi connectivity index (χ0v) is 13.0. The van der Waals surface area contributed by atoms with Gasteiger partial charge < -0.3 is 14.9 Å². The van der Waals surface area contributed by atoms with E-state index >= 15 is 0 Å². The van der Waals surface area contributed by atoms with E-state index in [0.717, 1.165) is 23.1 Å². The Balaban J connectivity index is 1.81. The van der Waals surface area contributed by atoms with Crippen LogP contribution in [0, 0.1) is 11.3 Å². The van der Waals surface area contributed by atoms with E-state index in [1.54, 1.807) is 0 Å². The first kappa shape index (κ1) is 17.2. The number of rotatable bonds is 8. The Morgan fingerprint density at radius 2 is 1.61 bits per heavy atom. The smallest absolute Gasteiger partial charge is 0.0991 e. The van der Waals surface area contributed by atoms with Crippen molar-refractivity contribution >= 4 is 0 Å². The lowest BCUT2D eigenvalue weighted by Crippen LogP contribution is -2.12. The molecule has 0 bridgehead atoms. The van der Waals surface area contributed by atoms with Gasteiger partial charge in [-0.2, -0.15) is 5.26 Å². The number of nitrogens with zero attached hydrogens (tertiary/aromatic N) is 1. The summed E-state index contributed by atoms with van der Waals surface area (Å²) in [6.07, 6.45) is 0.629. The number of benzene rings is 2. The Hall–Kier alpha value is -2.19. The maximum Gasteiger partial charge on any atom is 0.0991 e. The summed E-state index contributed by atoms with van der Waals surface area (Å²) in [7, 11) is 0. The molecule has 4 nitrogen and oxygen atoms in total. The molecule has 0 radical (unpaired) electrons. The maximum absolute atomic E-state index is 9.22.